The van der Waals surface area contributed by atoms with Crippen LogP contribution in [-0.4, -0.2) is 9.85 Å². The van der Waals surface area contributed by atoms with Crippen LogP contribution < -0.4 is 0 Å². The fourth-order valence-corrected chi connectivity index (χ4v) is 3.65. The summed E-state index contributed by atoms with van der Waals surface area (Å²) in [6.07, 6.45) is 0. The van der Waals surface area contributed by atoms with Gasteiger partial charge in [-0.15, -0.1) is 0 Å². The van der Waals surface area contributed by atoms with Crippen LogP contribution in [0.4, 0.5) is 11.4 Å². The number of non-ortho nitro benzene ring substituents is 2. The van der Waals surface area contributed by atoms with E-state index in [1.807, 2.05) is 60.7 Å². The molecule has 4 rings (SSSR count). The lowest BCUT2D eigenvalue weighted by Crippen LogP contribution is -2.00. The van der Waals surface area contributed by atoms with Crippen molar-refractivity contribution in [1.29, 1.82) is 0 Å². The standard InChI is InChI=1S/C26H20N2O5/c29-27(30)23-13-11-21(25(15-23)19-7-3-1-4-8-19)17-33-18-22-12-14-24(28(31)32)16-26(22)20-9-5-2-6-10-20/h1-16H,17-18H2. The number of hydrogen-bond acceptors (Lipinski definition) is 5. The highest BCUT2D eigenvalue weighted by atomic mass is 16.6. The van der Waals surface area contributed by atoms with Crippen LogP contribution in [0, 0.1) is 20.2 Å². The van der Waals surface area contributed by atoms with E-state index in [-0.39, 0.29) is 24.6 Å². The van der Waals surface area contributed by atoms with E-state index >= 15 is 0 Å². The van der Waals surface area contributed by atoms with Gasteiger partial charge in [0.15, 0.2) is 0 Å². The molecule has 0 amide bonds. The molecule has 0 saturated carbocycles. The van der Waals surface area contributed by atoms with Crippen molar-refractivity contribution in [3.8, 4) is 22.3 Å². The summed E-state index contributed by atoms with van der Waals surface area (Å²) in [6, 6.07) is 28.3. The van der Waals surface area contributed by atoms with Gasteiger partial charge in [0.2, 0.25) is 0 Å². The van der Waals surface area contributed by atoms with Gasteiger partial charge in [-0.05, 0) is 45.5 Å². The summed E-state index contributed by atoms with van der Waals surface area (Å²) in [5.74, 6) is 0. The number of benzene rings is 4. The molecule has 33 heavy (non-hydrogen) atoms. The lowest BCUT2D eigenvalue weighted by atomic mass is 9.98. The van der Waals surface area contributed by atoms with Gasteiger partial charge in [-0.25, -0.2) is 0 Å². The molecule has 0 aliphatic heterocycles. The maximum Gasteiger partial charge on any atom is 0.270 e. The third-order valence-electron chi connectivity index (χ3n) is 5.29. The fourth-order valence-electron chi connectivity index (χ4n) is 3.65. The molecular weight excluding hydrogens is 420 g/mol. The Kier molecular flexibility index (Phi) is 6.52. The van der Waals surface area contributed by atoms with Crippen molar-refractivity contribution in [2.75, 3.05) is 0 Å². The normalized spacial score (nSPS) is 10.7. The SMILES string of the molecule is O=[N+]([O-])c1ccc(COCc2ccc([N+](=O)[O-])cc2-c2ccccc2)c(-c2ccccc2)c1. The molecule has 164 valence electrons. The van der Waals surface area contributed by atoms with E-state index in [9.17, 15) is 20.2 Å². The maximum absolute atomic E-state index is 11.3. The molecule has 0 aliphatic rings. The predicted molar refractivity (Wildman–Crippen MR) is 126 cm³/mol. The summed E-state index contributed by atoms with van der Waals surface area (Å²) in [5, 5.41) is 22.5. The Labute approximate surface area is 190 Å². The first-order valence-corrected chi connectivity index (χ1v) is 10.3. The number of nitro groups is 2. The Bertz CT molecular complexity index is 1190. The molecule has 0 unspecified atom stereocenters. The van der Waals surface area contributed by atoms with E-state index in [0.717, 1.165) is 33.4 Å². The van der Waals surface area contributed by atoms with Gasteiger partial charge in [0.1, 0.15) is 0 Å². The average Bonchev–Trinajstić information content (AvgIpc) is 2.85. The molecule has 0 saturated heterocycles. The van der Waals surface area contributed by atoms with Gasteiger partial charge >= 0.3 is 0 Å². The van der Waals surface area contributed by atoms with Crippen molar-refractivity contribution in [2.45, 2.75) is 13.2 Å². The van der Waals surface area contributed by atoms with Crippen LogP contribution >= 0.6 is 0 Å². The molecule has 0 heterocycles. The zero-order valence-electron chi connectivity index (χ0n) is 17.6. The zero-order chi connectivity index (χ0) is 23.2. The summed E-state index contributed by atoms with van der Waals surface area (Å²) >= 11 is 0. The van der Waals surface area contributed by atoms with Crippen LogP contribution in [0.1, 0.15) is 11.1 Å². The second kappa shape index (κ2) is 9.84. The summed E-state index contributed by atoms with van der Waals surface area (Å²) in [5.41, 5.74) is 4.84. The minimum Gasteiger partial charge on any atom is -0.372 e. The van der Waals surface area contributed by atoms with Gasteiger partial charge in [0.05, 0.1) is 23.1 Å². The molecule has 0 aromatic heterocycles. The van der Waals surface area contributed by atoms with E-state index in [1.165, 1.54) is 12.1 Å². The smallest absolute Gasteiger partial charge is 0.270 e. The van der Waals surface area contributed by atoms with Crippen molar-refractivity contribution in [3.63, 3.8) is 0 Å². The van der Waals surface area contributed by atoms with Crippen molar-refractivity contribution < 1.29 is 14.6 Å². The number of rotatable bonds is 8. The molecular formula is C26H20N2O5. The minimum atomic E-state index is -0.417. The predicted octanol–water partition coefficient (Wildman–Crippen LogP) is 6.55. The Balaban J connectivity index is 1.60. The van der Waals surface area contributed by atoms with E-state index in [1.54, 1.807) is 24.3 Å². The van der Waals surface area contributed by atoms with Crippen molar-refractivity contribution >= 4 is 11.4 Å². The topological polar surface area (TPSA) is 95.5 Å². The highest BCUT2D eigenvalue weighted by Gasteiger charge is 2.15. The van der Waals surface area contributed by atoms with E-state index in [0.29, 0.717) is 0 Å². The average molecular weight is 440 g/mol. The molecule has 0 fully saturated rings. The van der Waals surface area contributed by atoms with Gasteiger partial charge in [-0.2, -0.15) is 0 Å². The number of hydrogen-bond donors (Lipinski definition) is 0. The maximum atomic E-state index is 11.3. The van der Waals surface area contributed by atoms with Gasteiger partial charge < -0.3 is 4.74 Å². The molecule has 0 bridgehead atoms. The van der Waals surface area contributed by atoms with Crippen LogP contribution in [0.2, 0.25) is 0 Å². The third-order valence-corrected chi connectivity index (χ3v) is 5.29. The first-order chi connectivity index (χ1) is 16.0. The Morgan fingerprint density at radius 3 is 1.33 bits per heavy atom. The highest BCUT2D eigenvalue weighted by molar-refractivity contribution is 5.71. The zero-order valence-corrected chi connectivity index (χ0v) is 17.6. The van der Waals surface area contributed by atoms with Gasteiger partial charge in [-0.1, -0.05) is 60.7 Å². The van der Waals surface area contributed by atoms with E-state index < -0.39 is 9.85 Å². The van der Waals surface area contributed by atoms with Crippen LogP contribution in [0.5, 0.6) is 0 Å². The molecule has 0 spiro atoms. The van der Waals surface area contributed by atoms with Crippen molar-refractivity contribution in [1.82, 2.24) is 0 Å². The summed E-state index contributed by atoms with van der Waals surface area (Å²) in [6.45, 7) is 0.459. The van der Waals surface area contributed by atoms with Crippen LogP contribution in [0.3, 0.4) is 0 Å². The fraction of sp³-hybridized carbons (Fsp3) is 0.0769. The Morgan fingerprint density at radius 2 is 0.970 bits per heavy atom. The first kappa shape index (κ1) is 21.9. The monoisotopic (exact) mass is 440 g/mol. The molecule has 0 radical (unpaired) electrons. The van der Waals surface area contributed by atoms with E-state index in [4.69, 9.17) is 4.74 Å². The van der Waals surface area contributed by atoms with Crippen molar-refractivity contribution in [2.24, 2.45) is 0 Å². The largest absolute Gasteiger partial charge is 0.372 e. The molecule has 7 heteroatoms. The molecule has 0 N–H and O–H groups in total. The summed E-state index contributed by atoms with van der Waals surface area (Å²) < 4.78 is 5.99. The van der Waals surface area contributed by atoms with Crippen LogP contribution in [0.25, 0.3) is 22.3 Å². The molecule has 4 aromatic rings. The lowest BCUT2D eigenvalue weighted by molar-refractivity contribution is -0.385. The van der Waals surface area contributed by atoms with Crippen LogP contribution in [0.15, 0.2) is 97.1 Å². The van der Waals surface area contributed by atoms with Gasteiger partial charge in [-0.3, -0.25) is 20.2 Å². The number of nitro benzene ring substituents is 2. The molecule has 4 aromatic carbocycles. The molecule has 0 atom stereocenters. The number of ether oxygens (including phenoxy) is 1. The highest BCUT2D eigenvalue weighted by Crippen LogP contribution is 2.31. The third kappa shape index (κ3) is 5.11. The quantitative estimate of drug-likeness (QED) is 0.228. The number of nitrogens with zero attached hydrogens (tertiary/aromatic N) is 2. The van der Waals surface area contributed by atoms with E-state index in [2.05, 4.69) is 0 Å². The Hall–Kier alpha value is -4.36. The lowest BCUT2D eigenvalue weighted by Gasteiger charge is -2.13. The second-order valence-corrected chi connectivity index (χ2v) is 7.42. The van der Waals surface area contributed by atoms with Crippen LogP contribution in [-0.2, 0) is 18.0 Å². The van der Waals surface area contributed by atoms with Gasteiger partial charge in [0.25, 0.3) is 11.4 Å². The summed E-state index contributed by atoms with van der Waals surface area (Å²) in [4.78, 5) is 21.7. The molecule has 7 nitrogen and oxygen atoms in total. The van der Waals surface area contributed by atoms with Gasteiger partial charge in [0, 0.05) is 24.3 Å². The molecule has 0 aliphatic carbocycles. The first-order valence-electron chi connectivity index (χ1n) is 10.3. The minimum absolute atomic E-state index is 0.0133. The van der Waals surface area contributed by atoms with Crippen molar-refractivity contribution in [3.05, 3.63) is 128 Å². The Morgan fingerprint density at radius 1 is 0.576 bits per heavy atom. The summed E-state index contributed by atoms with van der Waals surface area (Å²) in [7, 11) is 0. The second-order valence-electron chi connectivity index (χ2n) is 7.42.